The summed E-state index contributed by atoms with van der Waals surface area (Å²) in [6.45, 7) is 5.96. The van der Waals surface area contributed by atoms with E-state index in [1.54, 1.807) is 24.5 Å². The number of primary amides is 1. The van der Waals surface area contributed by atoms with E-state index in [0.717, 1.165) is 27.5 Å². The quantitative estimate of drug-likeness (QED) is 0.628. The van der Waals surface area contributed by atoms with E-state index in [4.69, 9.17) is 5.73 Å². The summed E-state index contributed by atoms with van der Waals surface area (Å²) in [6.07, 6.45) is 2.43. The second kappa shape index (κ2) is 7.31. The smallest absolute Gasteiger partial charge is 0.405 e. The molecule has 0 saturated heterocycles. The number of hydrogen-bond acceptors (Lipinski definition) is 3. The molecular formula is C22H23N3O3. The van der Waals surface area contributed by atoms with E-state index in [-0.39, 0.29) is 11.5 Å². The highest BCUT2D eigenvalue weighted by molar-refractivity contribution is 6.02. The third-order valence-electron chi connectivity index (χ3n) is 4.73. The van der Waals surface area contributed by atoms with E-state index in [0.29, 0.717) is 5.56 Å². The van der Waals surface area contributed by atoms with Gasteiger partial charge in [0, 0.05) is 28.9 Å². The van der Waals surface area contributed by atoms with E-state index in [2.05, 4.69) is 10.3 Å². The average Bonchev–Trinajstić information content (AvgIpc) is 2.64. The van der Waals surface area contributed by atoms with Crippen molar-refractivity contribution in [2.24, 2.45) is 11.1 Å². The normalized spacial score (nSPS) is 12.5. The molecule has 4 N–H and O–H groups in total. The molecule has 0 saturated carbocycles. The summed E-state index contributed by atoms with van der Waals surface area (Å²) in [5.41, 5.74) is 8.26. The predicted octanol–water partition coefficient (Wildman–Crippen LogP) is 4.36. The van der Waals surface area contributed by atoms with Crippen molar-refractivity contribution in [1.29, 1.82) is 0 Å². The maximum Gasteiger partial charge on any atom is 0.405 e. The largest absolute Gasteiger partial charge is 0.465 e. The first kappa shape index (κ1) is 19.4. The molecule has 0 bridgehead atoms. The van der Waals surface area contributed by atoms with E-state index >= 15 is 0 Å². The van der Waals surface area contributed by atoms with Crippen LogP contribution in [-0.2, 0) is 0 Å². The zero-order chi connectivity index (χ0) is 20.5. The second-order valence-corrected chi connectivity index (χ2v) is 7.86. The number of carbonyl (C=O) groups is 2. The molecule has 6 nitrogen and oxygen atoms in total. The number of nitrogens with one attached hydrogen (secondary N) is 1. The van der Waals surface area contributed by atoms with Crippen LogP contribution in [0.5, 0.6) is 0 Å². The van der Waals surface area contributed by atoms with Gasteiger partial charge in [0.05, 0.1) is 6.04 Å². The maximum absolute atomic E-state index is 11.5. The van der Waals surface area contributed by atoms with Gasteiger partial charge in [0.25, 0.3) is 0 Å². The molecule has 6 heteroatoms. The van der Waals surface area contributed by atoms with Gasteiger partial charge >= 0.3 is 6.09 Å². The molecule has 144 valence electrons. The van der Waals surface area contributed by atoms with Gasteiger partial charge in [-0.05, 0) is 34.1 Å². The van der Waals surface area contributed by atoms with E-state index in [1.165, 1.54) is 0 Å². The summed E-state index contributed by atoms with van der Waals surface area (Å²) >= 11 is 0. The minimum absolute atomic E-state index is 0.280. The molecule has 1 aromatic heterocycles. The van der Waals surface area contributed by atoms with Gasteiger partial charge in [-0.3, -0.25) is 9.78 Å². The van der Waals surface area contributed by atoms with E-state index in [1.807, 2.05) is 51.1 Å². The minimum Gasteiger partial charge on any atom is -0.465 e. The summed E-state index contributed by atoms with van der Waals surface area (Å²) < 4.78 is 0. The van der Waals surface area contributed by atoms with Crippen LogP contribution in [0.25, 0.3) is 21.9 Å². The Morgan fingerprint density at radius 3 is 2.32 bits per heavy atom. The lowest BCUT2D eigenvalue weighted by Gasteiger charge is -2.31. The number of hydrogen-bond donors (Lipinski definition) is 3. The summed E-state index contributed by atoms with van der Waals surface area (Å²) in [5.74, 6) is -0.479. The van der Waals surface area contributed by atoms with Crippen molar-refractivity contribution in [2.75, 3.05) is 0 Å². The van der Waals surface area contributed by atoms with Crippen LogP contribution in [0.3, 0.4) is 0 Å². The Kier molecular flexibility index (Phi) is 5.05. The lowest BCUT2D eigenvalue weighted by Crippen LogP contribution is -2.35. The van der Waals surface area contributed by atoms with Gasteiger partial charge in [0.1, 0.15) is 0 Å². The van der Waals surface area contributed by atoms with Crippen molar-refractivity contribution in [3.05, 3.63) is 66.0 Å². The zero-order valence-corrected chi connectivity index (χ0v) is 16.1. The summed E-state index contributed by atoms with van der Waals surface area (Å²) in [5, 5.41) is 13.6. The van der Waals surface area contributed by atoms with Gasteiger partial charge in [-0.1, -0.05) is 51.1 Å². The number of benzene rings is 2. The predicted molar refractivity (Wildman–Crippen MR) is 109 cm³/mol. The molecule has 0 radical (unpaired) electrons. The van der Waals surface area contributed by atoms with Crippen molar-refractivity contribution in [3.8, 4) is 11.1 Å². The Morgan fingerprint density at radius 1 is 1.07 bits per heavy atom. The van der Waals surface area contributed by atoms with Gasteiger partial charge in [-0.15, -0.1) is 0 Å². The van der Waals surface area contributed by atoms with Crippen molar-refractivity contribution < 1.29 is 14.7 Å². The average molecular weight is 377 g/mol. The van der Waals surface area contributed by atoms with E-state index < -0.39 is 12.0 Å². The SMILES string of the molecule is CC(C)(C)C(NC(=O)O)c1ccc(-c2cncc3ccc(C(N)=O)cc23)cc1. The van der Waals surface area contributed by atoms with Gasteiger partial charge in [-0.25, -0.2) is 4.79 Å². The Labute approximate surface area is 163 Å². The van der Waals surface area contributed by atoms with Gasteiger partial charge < -0.3 is 16.2 Å². The molecule has 3 aromatic rings. The van der Waals surface area contributed by atoms with Crippen molar-refractivity contribution in [2.45, 2.75) is 26.8 Å². The molecular weight excluding hydrogens is 354 g/mol. The van der Waals surface area contributed by atoms with Crippen LogP contribution in [0.2, 0.25) is 0 Å². The first-order valence-electron chi connectivity index (χ1n) is 8.94. The molecule has 0 aliphatic rings. The number of carboxylic acid groups (broad SMARTS) is 1. The van der Waals surface area contributed by atoms with Crippen molar-refractivity contribution >= 4 is 22.8 Å². The number of amides is 2. The monoisotopic (exact) mass is 377 g/mol. The molecule has 2 amide bonds. The molecule has 28 heavy (non-hydrogen) atoms. The fraction of sp³-hybridized carbons (Fsp3) is 0.227. The van der Waals surface area contributed by atoms with Crippen LogP contribution < -0.4 is 11.1 Å². The number of rotatable bonds is 4. The lowest BCUT2D eigenvalue weighted by molar-refractivity contribution is 0.100. The number of fused-ring (bicyclic) bond motifs is 1. The van der Waals surface area contributed by atoms with Crippen molar-refractivity contribution in [3.63, 3.8) is 0 Å². The Hall–Kier alpha value is -3.41. The topological polar surface area (TPSA) is 105 Å². The Bertz CT molecular complexity index is 1040. The number of pyridine rings is 1. The summed E-state index contributed by atoms with van der Waals surface area (Å²) in [7, 11) is 0. The van der Waals surface area contributed by atoms with Gasteiger partial charge in [0.15, 0.2) is 0 Å². The first-order valence-corrected chi connectivity index (χ1v) is 8.94. The van der Waals surface area contributed by atoms with Crippen LogP contribution in [0.4, 0.5) is 4.79 Å². The summed E-state index contributed by atoms with van der Waals surface area (Å²) in [4.78, 5) is 27.0. The molecule has 1 atom stereocenters. The molecule has 1 heterocycles. The number of nitrogens with zero attached hydrogens (tertiary/aromatic N) is 1. The lowest BCUT2D eigenvalue weighted by atomic mass is 9.82. The van der Waals surface area contributed by atoms with Crippen LogP contribution in [0, 0.1) is 5.41 Å². The van der Waals surface area contributed by atoms with Crippen LogP contribution in [-0.4, -0.2) is 22.1 Å². The Balaban J connectivity index is 2.05. The fourth-order valence-electron chi connectivity index (χ4n) is 3.33. The fourth-order valence-corrected chi connectivity index (χ4v) is 3.33. The van der Waals surface area contributed by atoms with Crippen LogP contribution in [0.15, 0.2) is 54.9 Å². The molecule has 1 unspecified atom stereocenters. The maximum atomic E-state index is 11.5. The third-order valence-corrected chi connectivity index (χ3v) is 4.73. The van der Waals surface area contributed by atoms with Gasteiger partial charge in [0.2, 0.25) is 5.91 Å². The second-order valence-electron chi connectivity index (χ2n) is 7.86. The zero-order valence-electron chi connectivity index (χ0n) is 16.1. The Morgan fingerprint density at radius 2 is 1.75 bits per heavy atom. The van der Waals surface area contributed by atoms with Crippen LogP contribution in [0.1, 0.15) is 42.7 Å². The minimum atomic E-state index is -1.05. The number of carbonyl (C=O) groups excluding carboxylic acids is 1. The molecule has 0 aliphatic heterocycles. The molecule has 0 spiro atoms. The molecule has 0 aliphatic carbocycles. The molecule has 0 fully saturated rings. The van der Waals surface area contributed by atoms with Crippen molar-refractivity contribution in [1.82, 2.24) is 10.3 Å². The van der Waals surface area contributed by atoms with E-state index in [9.17, 15) is 14.7 Å². The first-order chi connectivity index (χ1) is 13.2. The highest BCUT2D eigenvalue weighted by atomic mass is 16.4. The summed E-state index contributed by atoms with van der Waals surface area (Å²) in [6, 6.07) is 12.6. The van der Waals surface area contributed by atoms with Crippen LogP contribution >= 0.6 is 0 Å². The standard InChI is InChI=1S/C22H23N3O3/c1-22(2,3)19(25-21(27)28)14-6-4-13(5-7-14)18-12-24-11-16-9-8-15(20(23)26)10-17(16)18/h4-12,19,25H,1-3H3,(H2,23,26)(H,27,28). The van der Waals surface area contributed by atoms with Gasteiger partial charge in [-0.2, -0.15) is 0 Å². The number of aromatic nitrogens is 1. The molecule has 3 rings (SSSR count). The molecule has 2 aromatic carbocycles. The third kappa shape index (κ3) is 3.96. The highest BCUT2D eigenvalue weighted by Crippen LogP contribution is 2.35. The number of nitrogens with two attached hydrogens (primary N) is 1. The highest BCUT2D eigenvalue weighted by Gasteiger charge is 2.27.